The summed E-state index contributed by atoms with van der Waals surface area (Å²) in [6.45, 7) is 5.58. The average Bonchev–Trinajstić information content (AvgIpc) is 3.00. The van der Waals surface area contributed by atoms with E-state index < -0.39 is 6.04 Å². The second kappa shape index (κ2) is 6.89. The number of amides is 2. The maximum absolute atomic E-state index is 12.1. The molecule has 0 aliphatic carbocycles. The van der Waals surface area contributed by atoms with Crippen molar-refractivity contribution in [3.8, 4) is 0 Å². The summed E-state index contributed by atoms with van der Waals surface area (Å²) in [5.74, 6) is -0.291. The Bertz CT molecular complexity index is 633. The summed E-state index contributed by atoms with van der Waals surface area (Å²) in [7, 11) is 0. The SMILES string of the molecule is CC(C)NC(=O)c1ccc(NC(=O)C(C)n2cccn2)cc1. The van der Waals surface area contributed by atoms with E-state index in [1.807, 2.05) is 13.8 Å². The Morgan fingerprint density at radius 3 is 2.36 bits per heavy atom. The number of carbonyl (C=O) groups excluding carboxylic acids is 2. The molecule has 0 radical (unpaired) electrons. The van der Waals surface area contributed by atoms with Crippen molar-refractivity contribution >= 4 is 17.5 Å². The maximum Gasteiger partial charge on any atom is 0.251 e. The molecule has 0 spiro atoms. The Morgan fingerprint density at radius 1 is 1.14 bits per heavy atom. The molecule has 0 aliphatic heterocycles. The minimum atomic E-state index is -0.404. The third-order valence-corrected chi connectivity index (χ3v) is 3.14. The van der Waals surface area contributed by atoms with Crippen LogP contribution in [0.2, 0.25) is 0 Å². The molecule has 0 bridgehead atoms. The van der Waals surface area contributed by atoms with Gasteiger partial charge in [0.05, 0.1) is 0 Å². The fourth-order valence-electron chi connectivity index (χ4n) is 1.93. The van der Waals surface area contributed by atoms with Crippen LogP contribution in [0, 0.1) is 0 Å². The fourth-order valence-corrected chi connectivity index (χ4v) is 1.93. The van der Waals surface area contributed by atoms with Crippen LogP contribution in [0.3, 0.4) is 0 Å². The molecule has 0 saturated heterocycles. The van der Waals surface area contributed by atoms with Crippen molar-refractivity contribution in [3.63, 3.8) is 0 Å². The molecule has 1 heterocycles. The first-order valence-electron chi connectivity index (χ1n) is 7.18. The zero-order chi connectivity index (χ0) is 16.1. The first-order valence-corrected chi connectivity index (χ1v) is 7.18. The van der Waals surface area contributed by atoms with Crippen molar-refractivity contribution in [1.29, 1.82) is 0 Å². The molecule has 2 amide bonds. The van der Waals surface area contributed by atoms with Gasteiger partial charge in [-0.05, 0) is 51.1 Å². The lowest BCUT2D eigenvalue weighted by molar-refractivity contribution is -0.119. The Labute approximate surface area is 129 Å². The van der Waals surface area contributed by atoms with E-state index in [-0.39, 0.29) is 17.9 Å². The number of aromatic nitrogens is 2. The van der Waals surface area contributed by atoms with Gasteiger partial charge >= 0.3 is 0 Å². The highest BCUT2D eigenvalue weighted by atomic mass is 16.2. The summed E-state index contributed by atoms with van der Waals surface area (Å²) >= 11 is 0. The van der Waals surface area contributed by atoms with Gasteiger partial charge in [-0.2, -0.15) is 5.10 Å². The summed E-state index contributed by atoms with van der Waals surface area (Å²) in [5.41, 5.74) is 1.21. The second-order valence-electron chi connectivity index (χ2n) is 5.36. The molecule has 0 saturated carbocycles. The smallest absolute Gasteiger partial charge is 0.251 e. The monoisotopic (exact) mass is 300 g/mol. The van der Waals surface area contributed by atoms with Gasteiger partial charge in [-0.25, -0.2) is 0 Å². The van der Waals surface area contributed by atoms with Crippen molar-refractivity contribution in [2.75, 3.05) is 5.32 Å². The largest absolute Gasteiger partial charge is 0.350 e. The maximum atomic E-state index is 12.1. The molecule has 2 N–H and O–H groups in total. The molecule has 116 valence electrons. The third-order valence-electron chi connectivity index (χ3n) is 3.14. The number of nitrogens with zero attached hydrogens (tertiary/aromatic N) is 2. The normalized spacial score (nSPS) is 12.0. The van der Waals surface area contributed by atoms with Gasteiger partial charge in [0.15, 0.2) is 0 Å². The molecule has 2 rings (SSSR count). The van der Waals surface area contributed by atoms with E-state index in [2.05, 4.69) is 15.7 Å². The van der Waals surface area contributed by atoms with Gasteiger partial charge < -0.3 is 10.6 Å². The molecule has 1 aromatic heterocycles. The first-order chi connectivity index (χ1) is 10.5. The second-order valence-corrected chi connectivity index (χ2v) is 5.36. The molecule has 1 aromatic carbocycles. The predicted octanol–water partition coefficient (Wildman–Crippen LogP) is 2.22. The van der Waals surface area contributed by atoms with Gasteiger partial charge in [0, 0.05) is 29.7 Å². The summed E-state index contributed by atoms with van der Waals surface area (Å²) in [6, 6.07) is 8.25. The Hall–Kier alpha value is -2.63. The third kappa shape index (κ3) is 3.94. The standard InChI is InChI=1S/C16H20N4O2/c1-11(2)18-16(22)13-5-7-14(8-6-13)19-15(21)12(3)20-10-4-9-17-20/h4-12H,1-3H3,(H,18,22)(H,19,21). The Morgan fingerprint density at radius 2 is 1.82 bits per heavy atom. The van der Waals surface area contributed by atoms with Gasteiger partial charge in [0.25, 0.3) is 5.91 Å². The number of carbonyl (C=O) groups is 2. The number of anilines is 1. The topological polar surface area (TPSA) is 76.0 Å². The van der Waals surface area contributed by atoms with E-state index in [9.17, 15) is 9.59 Å². The van der Waals surface area contributed by atoms with Crippen LogP contribution in [-0.2, 0) is 4.79 Å². The summed E-state index contributed by atoms with van der Waals surface area (Å²) < 4.78 is 1.58. The number of benzene rings is 1. The Kier molecular flexibility index (Phi) is 4.93. The predicted molar refractivity (Wildman–Crippen MR) is 84.6 cm³/mol. The number of nitrogens with one attached hydrogen (secondary N) is 2. The van der Waals surface area contributed by atoms with Crippen LogP contribution in [0.5, 0.6) is 0 Å². The van der Waals surface area contributed by atoms with Crippen molar-refractivity contribution in [2.45, 2.75) is 32.9 Å². The van der Waals surface area contributed by atoms with Crippen LogP contribution < -0.4 is 10.6 Å². The van der Waals surface area contributed by atoms with Crippen LogP contribution in [0.25, 0.3) is 0 Å². The highest BCUT2D eigenvalue weighted by Gasteiger charge is 2.15. The fraction of sp³-hybridized carbons (Fsp3) is 0.312. The molecular weight excluding hydrogens is 280 g/mol. The van der Waals surface area contributed by atoms with Crippen LogP contribution >= 0.6 is 0 Å². The number of hydrogen-bond acceptors (Lipinski definition) is 3. The summed E-state index contributed by atoms with van der Waals surface area (Å²) in [4.78, 5) is 24.0. The van der Waals surface area contributed by atoms with Crippen molar-refractivity contribution in [1.82, 2.24) is 15.1 Å². The van der Waals surface area contributed by atoms with E-state index in [0.717, 1.165) is 0 Å². The van der Waals surface area contributed by atoms with Gasteiger partial charge in [0.1, 0.15) is 6.04 Å². The molecule has 2 aromatic rings. The van der Waals surface area contributed by atoms with E-state index in [0.29, 0.717) is 11.3 Å². The van der Waals surface area contributed by atoms with Crippen molar-refractivity contribution < 1.29 is 9.59 Å². The quantitative estimate of drug-likeness (QED) is 0.889. The van der Waals surface area contributed by atoms with Gasteiger partial charge in [-0.3, -0.25) is 14.3 Å². The lowest BCUT2D eigenvalue weighted by Crippen LogP contribution is -2.30. The van der Waals surface area contributed by atoms with Gasteiger partial charge in [0.2, 0.25) is 5.91 Å². The minimum absolute atomic E-state index is 0.0850. The van der Waals surface area contributed by atoms with Crippen LogP contribution in [0.1, 0.15) is 37.2 Å². The van der Waals surface area contributed by atoms with Crippen LogP contribution in [0.4, 0.5) is 5.69 Å². The average molecular weight is 300 g/mol. The van der Waals surface area contributed by atoms with Crippen molar-refractivity contribution in [2.24, 2.45) is 0 Å². The Balaban J connectivity index is 1.99. The lowest BCUT2D eigenvalue weighted by Gasteiger charge is -2.13. The molecule has 0 aliphatic rings. The minimum Gasteiger partial charge on any atom is -0.350 e. The molecular formula is C16H20N4O2. The van der Waals surface area contributed by atoms with E-state index in [4.69, 9.17) is 0 Å². The van der Waals surface area contributed by atoms with Gasteiger partial charge in [-0.15, -0.1) is 0 Å². The molecule has 1 unspecified atom stereocenters. The summed E-state index contributed by atoms with van der Waals surface area (Å²) in [6.07, 6.45) is 3.37. The van der Waals surface area contributed by atoms with Crippen molar-refractivity contribution in [3.05, 3.63) is 48.3 Å². The zero-order valence-corrected chi connectivity index (χ0v) is 12.9. The zero-order valence-electron chi connectivity index (χ0n) is 12.9. The summed E-state index contributed by atoms with van der Waals surface area (Å²) in [5, 5.41) is 9.67. The van der Waals surface area contributed by atoms with E-state index in [1.165, 1.54) is 0 Å². The molecule has 0 fully saturated rings. The first kappa shape index (κ1) is 15.8. The van der Waals surface area contributed by atoms with Crippen LogP contribution in [0.15, 0.2) is 42.7 Å². The molecule has 22 heavy (non-hydrogen) atoms. The number of hydrogen-bond donors (Lipinski definition) is 2. The highest BCUT2D eigenvalue weighted by molar-refractivity contribution is 5.96. The molecule has 6 heteroatoms. The highest BCUT2D eigenvalue weighted by Crippen LogP contribution is 2.13. The van der Waals surface area contributed by atoms with E-state index in [1.54, 1.807) is 54.3 Å². The number of rotatable bonds is 5. The molecule has 1 atom stereocenters. The van der Waals surface area contributed by atoms with Gasteiger partial charge in [-0.1, -0.05) is 0 Å². The lowest BCUT2D eigenvalue weighted by atomic mass is 10.2. The van der Waals surface area contributed by atoms with Crippen LogP contribution in [-0.4, -0.2) is 27.6 Å². The van der Waals surface area contributed by atoms with E-state index >= 15 is 0 Å². The molecule has 6 nitrogen and oxygen atoms in total.